The van der Waals surface area contributed by atoms with E-state index in [-0.39, 0.29) is 0 Å². The summed E-state index contributed by atoms with van der Waals surface area (Å²) in [5, 5.41) is 14.6. The van der Waals surface area contributed by atoms with Crippen LogP contribution in [-0.2, 0) is 0 Å². The Morgan fingerprint density at radius 2 is 1.59 bits per heavy atom. The lowest BCUT2D eigenvalue weighted by Crippen LogP contribution is -2.35. The van der Waals surface area contributed by atoms with Crippen molar-refractivity contribution in [2.75, 3.05) is 11.9 Å². The van der Waals surface area contributed by atoms with Crippen molar-refractivity contribution in [2.24, 2.45) is 0 Å². The van der Waals surface area contributed by atoms with Crippen LogP contribution < -0.4 is 5.32 Å². The first-order valence-electron chi connectivity index (χ1n) is 5.52. The molecule has 1 aromatic rings. The highest BCUT2D eigenvalue weighted by Gasteiger charge is 2.22. The molecule has 0 atom stereocenters. The molecule has 1 rings (SSSR count). The fourth-order valence-electron chi connectivity index (χ4n) is 1.46. The van der Waals surface area contributed by atoms with Crippen molar-refractivity contribution < 1.29 is 5.11 Å². The van der Waals surface area contributed by atoms with E-state index in [4.69, 9.17) is 34.8 Å². The van der Waals surface area contributed by atoms with Crippen LogP contribution in [0.3, 0.4) is 0 Å². The van der Waals surface area contributed by atoms with Crippen LogP contribution in [0.1, 0.15) is 26.7 Å². The van der Waals surface area contributed by atoms with Gasteiger partial charge in [0.2, 0.25) is 0 Å². The molecule has 0 radical (unpaired) electrons. The third-order valence-corrected chi connectivity index (χ3v) is 3.73. The first-order valence-corrected chi connectivity index (χ1v) is 6.66. The Bertz CT molecular complexity index is 368. The number of hydrogen-bond donors (Lipinski definition) is 2. The number of aliphatic hydroxyl groups is 1. The Hall–Kier alpha value is -0.150. The molecule has 17 heavy (non-hydrogen) atoms. The molecule has 0 heterocycles. The lowest BCUT2D eigenvalue weighted by molar-refractivity contribution is 0.0457. The Labute approximate surface area is 117 Å². The monoisotopic (exact) mass is 295 g/mol. The van der Waals surface area contributed by atoms with Gasteiger partial charge in [0.25, 0.3) is 0 Å². The van der Waals surface area contributed by atoms with Gasteiger partial charge in [-0.25, -0.2) is 0 Å². The molecule has 0 bridgehead atoms. The summed E-state index contributed by atoms with van der Waals surface area (Å²) in [6.07, 6.45) is 1.33. The maximum Gasteiger partial charge on any atom is 0.0814 e. The van der Waals surface area contributed by atoms with Crippen LogP contribution in [0.25, 0.3) is 0 Å². The molecule has 0 aromatic heterocycles. The van der Waals surface area contributed by atoms with Crippen LogP contribution in [0.4, 0.5) is 5.69 Å². The molecule has 0 saturated heterocycles. The molecule has 2 N–H and O–H groups in total. The summed E-state index contributed by atoms with van der Waals surface area (Å²) in [6.45, 7) is 4.29. The van der Waals surface area contributed by atoms with E-state index in [1.54, 1.807) is 12.1 Å². The van der Waals surface area contributed by atoms with E-state index < -0.39 is 5.60 Å². The molecule has 0 aliphatic carbocycles. The van der Waals surface area contributed by atoms with Gasteiger partial charge in [-0.05, 0) is 25.0 Å². The maximum atomic E-state index is 10.2. The molecule has 0 spiro atoms. The molecule has 96 valence electrons. The molecular weight excluding hydrogens is 280 g/mol. The first-order chi connectivity index (χ1) is 7.91. The van der Waals surface area contributed by atoms with Crippen molar-refractivity contribution in [2.45, 2.75) is 32.3 Å². The zero-order valence-electron chi connectivity index (χ0n) is 9.86. The number of benzene rings is 1. The molecule has 5 heteroatoms. The van der Waals surface area contributed by atoms with Crippen molar-refractivity contribution >= 4 is 40.5 Å². The Morgan fingerprint density at radius 3 is 2.00 bits per heavy atom. The van der Waals surface area contributed by atoms with Crippen molar-refractivity contribution in [1.29, 1.82) is 0 Å². The SMILES string of the molecule is CCC(O)(CC)CNc1c(Cl)cc(Cl)cc1Cl. The van der Waals surface area contributed by atoms with Gasteiger partial charge in [-0.1, -0.05) is 48.7 Å². The van der Waals surface area contributed by atoms with Gasteiger partial charge in [-0.3, -0.25) is 0 Å². The summed E-state index contributed by atoms with van der Waals surface area (Å²) in [6, 6.07) is 3.24. The van der Waals surface area contributed by atoms with E-state index in [2.05, 4.69) is 5.32 Å². The fourth-order valence-corrected chi connectivity index (χ4v) is 2.41. The molecule has 0 fully saturated rings. The number of halogens is 3. The number of hydrogen-bond acceptors (Lipinski definition) is 2. The predicted octanol–water partition coefficient (Wildman–Crippen LogP) is 4.61. The molecule has 0 aliphatic rings. The van der Waals surface area contributed by atoms with Crippen molar-refractivity contribution in [3.05, 3.63) is 27.2 Å². The highest BCUT2D eigenvalue weighted by atomic mass is 35.5. The average molecular weight is 297 g/mol. The third kappa shape index (κ3) is 3.92. The average Bonchev–Trinajstić information content (AvgIpc) is 2.27. The molecule has 0 saturated carbocycles. The highest BCUT2D eigenvalue weighted by Crippen LogP contribution is 2.34. The molecule has 2 nitrogen and oxygen atoms in total. The molecular formula is C12H16Cl3NO. The molecule has 1 aromatic carbocycles. The number of anilines is 1. The van der Waals surface area contributed by atoms with Gasteiger partial charge in [0, 0.05) is 11.6 Å². The van der Waals surface area contributed by atoms with Crippen LogP contribution in [0, 0.1) is 0 Å². The molecule has 0 amide bonds. The van der Waals surface area contributed by atoms with Gasteiger partial charge in [0.1, 0.15) is 0 Å². The predicted molar refractivity (Wildman–Crippen MR) is 75.5 cm³/mol. The van der Waals surface area contributed by atoms with Gasteiger partial charge in [0.05, 0.1) is 21.3 Å². The van der Waals surface area contributed by atoms with Crippen LogP contribution in [-0.4, -0.2) is 17.3 Å². The van der Waals surface area contributed by atoms with E-state index in [0.29, 0.717) is 40.1 Å². The zero-order valence-corrected chi connectivity index (χ0v) is 12.1. The Balaban J connectivity index is 2.83. The van der Waals surface area contributed by atoms with Gasteiger partial charge in [-0.2, -0.15) is 0 Å². The summed E-state index contributed by atoms with van der Waals surface area (Å²) in [5.74, 6) is 0. The van der Waals surface area contributed by atoms with Crippen LogP contribution in [0.15, 0.2) is 12.1 Å². The summed E-state index contributed by atoms with van der Waals surface area (Å²) in [4.78, 5) is 0. The van der Waals surface area contributed by atoms with E-state index in [0.717, 1.165) is 0 Å². The second-order valence-electron chi connectivity index (χ2n) is 4.03. The second kappa shape index (κ2) is 6.14. The summed E-state index contributed by atoms with van der Waals surface area (Å²) in [7, 11) is 0. The Morgan fingerprint density at radius 1 is 1.12 bits per heavy atom. The van der Waals surface area contributed by atoms with Crippen LogP contribution in [0.2, 0.25) is 15.1 Å². The smallest absolute Gasteiger partial charge is 0.0814 e. The van der Waals surface area contributed by atoms with Crippen molar-refractivity contribution in [3.8, 4) is 0 Å². The first kappa shape index (κ1) is 14.9. The normalized spacial score (nSPS) is 11.6. The number of nitrogens with one attached hydrogen (secondary N) is 1. The summed E-state index contributed by atoms with van der Waals surface area (Å²) >= 11 is 17.9. The summed E-state index contributed by atoms with van der Waals surface area (Å²) in [5.41, 5.74) is -0.134. The standard InChI is InChI=1S/C12H16Cl3NO/c1-3-12(17,4-2)7-16-11-9(14)5-8(13)6-10(11)15/h5-6,16-17H,3-4,7H2,1-2H3. The largest absolute Gasteiger partial charge is 0.388 e. The van der Waals surface area contributed by atoms with Crippen LogP contribution in [0.5, 0.6) is 0 Å². The van der Waals surface area contributed by atoms with Gasteiger partial charge in [0.15, 0.2) is 0 Å². The highest BCUT2D eigenvalue weighted by molar-refractivity contribution is 6.41. The molecule has 0 unspecified atom stereocenters. The van der Waals surface area contributed by atoms with Gasteiger partial charge < -0.3 is 10.4 Å². The van der Waals surface area contributed by atoms with E-state index in [1.165, 1.54) is 0 Å². The summed E-state index contributed by atoms with van der Waals surface area (Å²) < 4.78 is 0. The lowest BCUT2D eigenvalue weighted by atomic mass is 9.97. The topological polar surface area (TPSA) is 32.3 Å². The van der Waals surface area contributed by atoms with E-state index in [9.17, 15) is 5.11 Å². The van der Waals surface area contributed by atoms with Gasteiger partial charge in [-0.15, -0.1) is 0 Å². The van der Waals surface area contributed by atoms with Crippen molar-refractivity contribution in [3.63, 3.8) is 0 Å². The Kier molecular flexibility index (Phi) is 5.39. The fraction of sp³-hybridized carbons (Fsp3) is 0.500. The minimum Gasteiger partial charge on any atom is -0.388 e. The van der Waals surface area contributed by atoms with E-state index >= 15 is 0 Å². The maximum absolute atomic E-state index is 10.2. The van der Waals surface area contributed by atoms with Crippen molar-refractivity contribution in [1.82, 2.24) is 0 Å². The molecule has 0 aliphatic heterocycles. The zero-order chi connectivity index (χ0) is 13.1. The minimum absolute atomic E-state index is 0.404. The lowest BCUT2D eigenvalue weighted by Gasteiger charge is -2.26. The quantitative estimate of drug-likeness (QED) is 0.831. The third-order valence-electron chi connectivity index (χ3n) is 2.92. The van der Waals surface area contributed by atoms with Crippen LogP contribution >= 0.6 is 34.8 Å². The van der Waals surface area contributed by atoms with E-state index in [1.807, 2.05) is 13.8 Å². The minimum atomic E-state index is -0.744. The number of rotatable bonds is 5. The second-order valence-corrected chi connectivity index (χ2v) is 5.28. The van der Waals surface area contributed by atoms with Gasteiger partial charge >= 0.3 is 0 Å².